The van der Waals surface area contributed by atoms with Gasteiger partial charge in [-0.1, -0.05) is 0 Å². The van der Waals surface area contributed by atoms with Crippen LogP contribution in [0, 0.1) is 6.92 Å². The molecule has 17 heavy (non-hydrogen) atoms. The summed E-state index contributed by atoms with van der Waals surface area (Å²) in [6.45, 7) is 3.97. The van der Waals surface area contributed by atoms with Crippen LogP contribution in [0.4, 0.5) is 0 Å². The van der Waals surface area contributed by atoms with Gasteiger partial charge < -0.3 is 4.74 Å². The van der Waals surface area contributed by atoms with Gasteiger partial charge >= 0.3 is 5.97 Å². The maximum atomic E-state index is 11.6. The molecule has 2 heterocycles. The minimum absolute atomic E-state index is 0.342. The first kappa shape index (κ1) is 11.3. The molecule has 0 aromatic carbocycles. The number of ether oxygens (including phenoxy) is 1. The van der Waals surface area contributed by atoms with Crippen LogP contribution < -0.4 is 0 Å². The highest BCUT2D eigenvalue weighted by atomic mass is 16.5. The van der Waals surface area contributed by atoms with Gasteiger partial charge in [-0.05, 0) is 26.0 Å². The third-order valence-electron chi connectivity index (χ3n) is 2.41. The van der Waals surface area contributed by atoms with Crippen molar-refractivity contribution >= 4 is 5.97 Å². The average molecular weight is 231 g/mol. The fraction of sp³-hybridized carbons (Fsp3) is 0.250. The number of nitrogens with zero attached hydrogens (tertiary/aromatic N) is 3. The molecule has 0 fully saturated rings. The van der Waals surface area contributed by atoms with Crippen molar-refractivity contribution in [2.24, 2.45) is 0 Å². The summed E-state index contributed by atoms with van der Waals surface area (Å²) in [6, 6.07) is 3.66. The summed E-state index contributed by atoms with van der Waals surface area (Å²) in [6.07, 6.45) is 4.88. The number of carbonyl (C=O) groups is 1. The van der Waals surface area contributed by atoms with Crippen molar-refractivity contribution in [1.82, 2.24) is 14.8 Å². The lowest BCUT2D eigenvalue weighted by atomic mass is 10.2. The minimum Gasteiger partial charge on any atom is -0.462 e. The van der Waals surface area contributed by atoms with E-state index in [2.05, 4.69) is 10.1 Å². The molecule has 0 aliphatic rings. The predicted molar refractivity (Wildman–Crippen MR) is 62.1 cm³/mol. The van der Waals surface area contributed by atoms with Crippen molar-refractivity contribution in [1.29, 1.82) is 0 Å². The second-order valence-corrected chi connectivity index (χ2v) is 3.48. The molecule has 88 valence electrons. The van der Waals surface area contributed by atoms with Crippen molar-refractivity contribution < 1.29 is 9.53 Å². The maximum Gasteiger partial charge on any atom is 0.341 e. The van der Waals surface area contributed by atoms with E-state index in [0.717, 1.165) is 11.4 Å². The zero-order chi connectivity index (χ0) is 12.3. The molecule has 0 bridgehead atoms. The van der Waals surface area contributed by atoms with E-state index in [1.54, 1.807) is 24.0 Å². The second kappa shape index (κ2) is 4.78. The molecule has 2 rings (SSSR count). The Morgan fingerprint density at radius 3 is 2.76 bits per heavy atom. The fourth-order valence-corrected chi connectivity index (χ4v) is 1.56. The standard InChI is InChI=1S/C12H13N3O2/c1-3-17-12(16)11-8-14-15(9(11)2)10-4-6-13-7-5-10/h4-8H,3H2,1-2H3. The molecule has 0 aliphatic heterocycles. The van der Waals surface area contributed by atoms with Crippen LogP contribution in [-0.2, 0) is 4.74 Å². The Labute approximate surface area is 99.1 Å². The van der Waals surface area contributed by atoms with Gasteiger partial charge in [0.15, 0.2) is 0 Å². The first-order valence-corrected chi connectivity index (χ1v) is 5.36. The number of rotatable bonds is 3. The number of hydrogen-bond donors (Lipinski definition) is 0. The van der Waals surface area contributed by atoms with Crippen LogP contribution in [0.3, 0.4) is 0 Å². The zero-order valence-corrected chi connectivity index (χ0v) is 9.75. The maximum absolute atomic E-state index is 11.6. The van der Waals surface area contributed by atoms with Gasteiger partial charge in [0, 0.05) is 12.4 Å². The quantitative estimate of drug-likeness (QED) is 0.755. The molecule has 0 radical (unpaired) electrons. The van der Waals surface area contributed by atoms with Gasteiger partial charge in [-0.2, -0.15) is 5.10 Å². The normalized spacial score (nSPS) is 10.2. The molecule has 0 aliphatic carbocycles. The predicted octanol–water partition coefficient (Wildman–Crippen LogP) is 1.75. The monoisotopic (exact) mass is 231 g/mol. The Hall–Kier alpha value is -2.17. The van der Waals surface area contributed by atoms with Crippen molar-refractivity contribution in [3.63, 3.8) is 0 Å². The molecule has 0 saturated heterocycles. The van der Waals surface area contributed by atoms with Gasteiger partial charge in [0.25, 0.3) is 0 Å². The smallest absolute Gasteiger partial charge is 0.341 e. The summed E-state index contributed by atoms with van der Waals surface area (Å²) < 4.78 is 6.64. The number of pyridine rings is 1. The molecule has 0 spiro atoms. The van der Waals surface area contributed by atoms with Gasteiger partial charge in [-0.25, -0.2) is 9.48 Å². The Morgan fingerprint density at radius 1 is 1.41 bits per heavy atom. The number of aromatic nitrogens is 3. The molecule has 0 unspecified atom stereocenters. The summed E-state index contributed by atoms with van der Waals surface area (Å²) in [5.41, 5.74) is 2.12. The second-order valence-electron chi connectivity index (χ2n) is 3.48. The van der Waals surface area contributed by atoms with E-state index in [-0.39, 0.29) is 5.97 Å². The van der Waals surface area contributed by atoms with Crippen molar-refractivity contribution in [2.75, 3.05) is 6.61 Å². The summed E-state index contributed by atoms with van der Waals surface area (Å²) in [7, 11) is 0. The van der Waals surface area contributed by atoms with E-state index in [1.165, 1.54) is 6.20 Å². The van der Waals surface area contributed by atoms with Crippen LogP contribution >= 0.6 is 0 Å². The first-order valence-electron chi connectivity index (χ1n) is 5.36. The van der Waals surface area contributed by atoms with E-state index in [9.17, 15) is 4.79 Å². The van der Waals surface area contributed by atoms with Gasteiger partial charge in [-0.15, -0.1) is 0 Å². The average Bonchev–Trinajstić information content (AvgIpc) is 2.72. The van der Waals surface area contributed by atoms with E-state index in [0.29, 0.717) is 12.2 Å². The minimum atomic E-state index is -0.342. The first-order chi connectivity index (χ1) is 8.24. The fourth-order valence-electron chi connectivity index (χ4n) is 1.56. The lowest BCUT2D eigenvalue weighted by molar-refractivity contribution is 0.0525. The van der Waals surface area contributed by atoms with Gasteiger partial charge in [0.2, 0.25) is 0 Å². The lowest BCUT2D eigenvalue weighted by Crippen LogP contribution is -2.06. The molecule has 0 atom stereocenters. The molecule has 0 N–H and O–H groups in total. The highest BCUT2D eigenvalue weighted by Gasteiger charge is 2.15. The van der Waals surface area contributed by atoms with Crippen LogP contribution in [0.2, 0.25) is 0 Å². The zero-order valence-electron chi connectivity index (χ0n) is 9.75. The topological polar surface area (TPSA) is 57.0 Å². The number of esters is 1. The van der Waals surface area contributed by atoms with E-state index in [1.807, 2.05) is 19.1 Å². The Kier molecular flexibility index (Phi) is 3.18. The van der Waals surface area contributed by atoms with Gasteiger partial charge in [0.1, 0.15) is 5.56 Å². The SMILES string of the molecule is CCOC(=O)c1cnn(-c2ccncc2)c1C. The lowest BCUT2D eigenvalue weighted by Gasteiger charge is -2.04. The molecular formula is C12H13N3O2. The summed E-state index contributed by atoms with van der Waals surface area (Å²) >= 11 is 0. The third kappa shape index (κ3) is 2.18. The number of carbonyl (C=O) groups excluding carboxylic acids is 1. The largest absolute Gasteiger partial charge is 0.462 e. The molecule has 0 saturated carbocycles. The van der Waals surface area contributed by atoms with E-state index >= 15 is 0 Å². The van der Waals surface area contributed by atoms with Crippen LogP contribution in [0.15, 0.2) is 30.7 Å². The molecule has 5 nitrogen and oxygen atoms in total. The Balaban J connectivity index is 2.37. The summed E-state index contributed by atoms with van der Waals surface area (Å²) in [4.78, 5) is 15.6. The molecular weight excluding hydrogens is 218 g/mol. The van der Waals surface area contributed by atoms with Crippen LogP contribution in [0.1, 0.15) is 23.0 Å². The van der Waals surface area contributed by atoms with Crippen molar-refractivity contribution in [3.8, 4) is 5.69 Å². The molecule has 5 heteroatoms. The van der Waals surface area contributed by atoms with Crippen LogP contribution in [-0.4, -0.2) is 27.3 Å². The highest BCUT2D eigenvalue weighted by Crippen LogP contribution is 2.14. The van der Waals surface area contributed by atoms with Crippen molar-refractivity contribution in [2.45, 2.75) is 13.8 Å². The highest BCUT2D eigenvalue weighted by molar-refractivity contribution is 5.90. The molecule has 2 aromatic heterocycles. The van der Waals surface area contributed by atoms with Gasteiger partial charge in [-0.3, -0.25) is 4.98 Å². The van der Waals surface area contributed by atoms with E-state index < -0.39 is 0 Å². The van der Waals surface area contributed by atoms with Crippen molar-refractivity contribution in [3.05, 3.63) is 42.0 Å². The summed E-state index contributed by atoms with van der Waals surface area (Å²) in [5, 5.41) is 4.18. The molecule has 2 aromatic rings. The van der Waals surface area contributed by atoms with Gasteiger partial charge in [0.05, 0.1) is 24.2 Å². The Bertz CT molecular complexity index is 520. The molecule has 0 amide bonds. The van der Waals surface area contributed by atoms with Crippen LogP contribution in [0.25, 0.3) is 5.69 Å². The van der Waals surface area contributed by atoms with Crippen LogP contribution in [0.5, 0.6) is 0 Å². The summed E-state index contributed by atoms with van der Waals surface area (Å²) in [5.74, 6) is -0.342. The third-order valence-corrected chi connectivity index (χ3v) is 2.41. The van der Waals surface area contributed by atoms with E-state index in [4.69, 9.17) is 4.74 Å². The Morgan fingerprint density at radius 2 is 2.12 bits per heavy atom. The number of hydrogen-bond acceptors (Lipinski definition) is 4.